The van der Waals surface area contributed by atoms with E-state index in [2.05, 4.69) is 20.6 Å². The summed E-state index contributed by atoms with van der Waals surface area (Å²) in [6.45, 7) is 2.11. The van der Waals surface area contributed by atoms with Gasteiger partial charge in [0, 0.05) is 11.1 Å². The monoisotopic (exact) mass is 365 g/mol. The van der Waals surface area contributed by atoms with Crippen molar-refractivity contribution >= 4 is 16.7 Å². The van der Waals surface area contributed by atoms with Gasteiger partial charge in [-0.25, -0.2) is 4.68 Å². The highest BCUT2D eigenvalue weighted by Crippen LogP contribution is 2.21. The Kier molecular flexibility index (Phi) is 4.75. The number of benzene rings is 1. The second-order valence-electron chi connectivity index (χ2n) is 7.06. The molecule has 0 radical (unpaired) electrons. The Bertz CT molecular complexity index is 1050. The average molecular weight is 365 g/mol. The maximum Gasteiger partial charge on any atom is 0.275 e. The molecule has 1 aliphatic rings. The lowest BCUT2D eigenvalue weighted by Gasteiger charge is -2.09. The Morgan fingerprint density at radius 2 is 1.96 bits per heavy atom. The largest absolute Gasteiger partial charge is 0.349 e. The predicted octanol–water partition coefficient (Wildman–Crippen LogP) is 2.01. The summed E-state index contributed by atoms with van der Waals surface area (Å²) in [6, 6.07) is 7.32. The van der Waals surface area contributed by atoms with Crippen LogP contribution in [0.3, 0.4) is 0 Å². The highest BCUT2D eigenvalue weighted by Gasteiger charge is 2.16. The second-order valence-corrected chi connectivity index (χ2v) is 7.06. The van der Waals surface area contributed by atoms with Crippen LogP contribution in [0.5, 0.6) is 0 Å². The third-order valence-electron chi connectivity index (χ3n) is 5.19. The lowest BCUT2D eigenvalue weighted by atomic mass is 10.1. The molecule has 4 rings (SSSR count). The lowest BCUT2D eigenvalue weighted by molar-refractivity contribution is -0.122. The molecule has 0 spiro atoms. The van der Waals surface area contributed by atoms with Crippen molar-refractivity contribution in [3.05, 3.63) is 57.3 Å². The van der Waals surface area contributed by atoms with Gasteiger partial charge in [-0.2, -0.15) is 10.2 Å². The standard InChI is InChI=1S/C20H23N5O2/c1-13-14-7-5-6-8-15(14)20(27)25(24-13)12-19(26)21-11-18-16-9-3-2-4-10-17(16)22-23-18/h5-8H,2-4,9-12H2,1H3,(H,21,26)(H,22,23). The van der Waals surface area contributed by atoms with E-state index in [1.807, 2.05) is 25.1 Å². The molecule has 0 aliphatic heterocycles. The Hall–Kier alpha value is -2.96. The van der Waals surface area contributed by atoms with Gasteiger partial charge in [0.15, 0.2) is 0 Å². The molecule has 27 heavy (non-hydrogen) atoms. The topological polar surface area (TPSA) is 92.7 Å². The van der Waals surface area contributed by atoms with Crippen LogP contribution in [0.2, 0.25) is 0 Å². The first kappa shape index (κ1) is 17.5. The number of aryl methyl sites for hydroxylation is 2. The number of carbonyl (C=O) groups is 1. The third-order valence-corrected chi connectivity index (χ3v) is 5.19. The average Bonchev–Trinajstić information content (AvgIpc) is 2.90. The van der Waals surface area contributed by atoms with Gasteiger partial charge in [-0.05, 0) is 44.2 Å². The number of hydrogen-bond donors (Lipinski definition) is 2. The predicted molar refractivity (Wildman–Crippen MR) is 102 cm³/mol. The molecule has 1 aromatic carbocycles. The zero-order valence-electron chi connectivity index (χ0n) is 15.4. The summed E-state index contributed by atoms with van der Waals surface area (Å²) in [5.74, 6) is -0.246. The van der Waals surface area contributed by atoms with Crippen LogP contribution in [0.4, 0.5) is 0 Å². The first-order valence-corrected chi connectivity index (χ1v) is 9.41. The van der Waals surface area contributed by atoms with Gasteiger partial charge in [0.1, 0.15) is 6.54 Å². The number of carbonyl (C=O) groups excluding carboxylic acids is 1. The molecule has 7 heteroatoms. The molecule has 1 aliphatic carbocycles. The van der Waals surface area contributed by atoms with E-state index in [1.54, 1.807) is 6.07 Å². The molecule has 140 valence electrons. The van der Waals surface area contributed by atoms with Crippen molar-refractivity contribution in [3.8, 4) is 0 Å². The summed E-state index contributed by atoms with van der Waals surface area (Å²) in [5, 5.41) is 16.0. The maximum atomic E-state index is 12.6. The summed E-state index contributed by atoms with van der Waals surface area (Å²) in [5.41, 5.74) is 3.82. The fourth-order valence-electron chi connectivity index (χ4n) is 3.76. The fraction of sp³-hybridized carbons (Fsp3) is 0.400. The number of nitrogens with one attached hydrogen (secondary N) is 2. The number of fused-ring (bicyclic) bond motifs is 2. The van der Waals surface area contributed by atoms with Gasteiger partial charge < -0.3 is 5.32 Å². The lowest BCUT2D eigenvalue weighted by Crippen LogP contribution is -2.34. The third kappa shape index (κ3) is 3.49. The molecule has 2 heterocycles. The van der Waals surface area contributed by atoms with Crippen LogP contribution in [-0.4, -0.2) is 25.9 Å². The first-order valence-electron chi connectivity index (χ1n) is 9.41. The Morgan fingerprint density at radius 3 is 2.81 bits per heavy atom. The molecule has 0 bridgehead atoms. The highest BCUT2D eigenvalue weighted by atomic mass is 16.2. The van der Waals surface area contributed by atoms with E-state index in [0.717, 1.165) is 36.0 Å². The van der Waals surface area contributed by atoms with Crippen LogP contribution >= 0.6 is 0 Å². The Balaban J connectivity index is 1.48. The van der Waals surface area contributed by atoms with E-state index in [9.17, 15) is 9.59 Å². The smallest absolute Gasteiger partial charge is 0.275 e. The summed E-state index contributed by atoms with van der Waals surface area (Å²) >= 11 is 0. The van der Waals surface area contributed by atoms with Crippen LogP contribution in [0.15, 0.2) is 29.1 Å². The van der Waals surface area contributed by atoms with E-state index in [1.165, 1.54) is 28.8 Å². The maximum absolute atomic E-state index is 12.6. The van der Waals surface area contributed by atoms with E-state index >= 15 is 0 Å². The van der Waals surface area contributed by atoms with Gasteiger partial charge in [-0.3, -0.25) is 14.7 Å². The first-order chi connectivity index (χ1) is 13.1. The molecular weight excluding hydrogens is 342 g/mol. The number of H-pyrrole nitrogens is 1. The van der Waals surface area contributed by atoms with Crippen LogP contribution in [0, 0.1) is 6.92 Å². The minimum absolute atomic E-state index is 0.100. The minimum Gasteiger partial charge on any atom is -0.349 e. The molecule has 7 nitrogen and oxygen atoms in total. The van der Waals surface area contributed by atoms with Crippen molar-refractivity contribution in [2.45, 2.75) is 52.1 Å². The van der Waals surface area contributed by atoms with Crippen LogP contribution < -0.4 is 10.9 Å². The number of aromatic amines is 1. The van der Waals surface area contributed by atoms with Crippen molar-refractivity contribution < 1.29 is 4.79 Å². The fourth-order valence-corrected chi connectivity index (χ4v) is 3.76. The van der Waals surface area contributed by atoms with Gasteiger partial charge in [0.05, 0.1) is 23.3 Å². The zero-order chi connectivity index (χ0) is 18.8. The molecule has 0 unspecified atom stereocenters. The summed E-state index contributed by atoms with van der Waals surface area (Å²) in [4.78, 5) is 25.0. The summed E-state index contributed by atoms with van der Waals surface area (Å²) < 4.78 is 1.23. The van der Waals surface area contributed by atoms with Crippen LogP contribution in [0.1, 0.15) is 41.9 Å². The normalized spacial score (nSPS) is 14.0. The zero-order valence-corrected chi connectivity index (χ0v) is 15.4. The van der Waals surface area contributed by atoms with E-state index in [0.29, 0.717) is 11.9 Å². The molecule has 0 fully saturated rings. The molecular formula is C20H23N5O2. The minimum atomic E-state index is -0.250. The van der Waals surface area contributed by atoms with E-state index < -0.39 is 0 Å². The van der Waals surface area contributed by atoms with Gasteiger partial charge in [0.25, 0.3) is 5.56 Å². The van der Waals surface area contributed by atoms with Gasteiger partial charge in [0.2, 0.25) is 5.91 Å². The van der Waals surface area contributed by atoms with Gasteiger partial charge in [-0.15, -0.1) is 0 Å². The second kappa shape index (κ2) is 7.34. The quantitative estimate of drug-likeness (QED) is 0.692. The SMILES string of the molecule is Cc1nn(CC(=O)NCc2n[nH]c3c2CCCCC3)c(=O)c2ccccc12. The van der Waals surface area contributed by atoms with Crippen molar-refractivity contribution in [2.24, 2.45) is 0 Å². The van der Waals surface area contributed by atoms with Gasteiger partial charge in [-0.1, -0.05) is 24.6 Å². The van der Waals surface area contributed by atoms with Crippen LogP contribution in [0.25, 0.3) is 10.8 Å². The Labute approximate surface area is 156 Å². The van der Waals surface area contributed by atoms with Crippen molar-refractivity contribution in [2.75, 3.05) is 0 Å². The van der Waals surface area contributed by atoms with Crippen LogP contribution in [-0.2, 0) is 30.7 Å². The van der Waals surface area contributed by atoms with E-state index in [4.69, 9.17) is 0 Å². The molecule has 3 aromatic rings. The highest BCUT2D eigenvalue weighted by molar-refractivity contribution is 5.83. The number of rotatable bonds is 4. The van der Waals surface area contributed by atoms with Gasteiger partial charge >= 0.3 is 0 Å². The number of nitrogens with zero attached hydrogens (tertiary/aromatic N) is 3. The number of aromatic nitrogens is 4. The molecule has 1 amide bonds. The summed E-state index contributed by atoms with van der Waals surface area (Å²) in [7, 11) is 0. The molecule has 2 aromatic heterocycles. The van der Waals surface area contributed by atoms with Crippen molar-refractivity contribution in [1.29, 1.82) is 0 Å². The van der Waals surface area contributed by atoms with Crippen molar-refractivity contribution in [1.82, 2.24) is 25.3 Å². The molecule has 0 saturated carbocycles. The summed E-state index contributed by atoms with van der Waals surface area (Å²) in [6.07, 6.45) is 5.58. The Morgan fingerprint density at radius 1 is 1.19 bits per heavy atom. The molecule has 0 saturated heterocycles. The molecule has 0 atom stereocenters. The van der Waals surface area contributed by atoms with E-state index in [-0.39, 0.29) is 18.0 Å². The molecule has 2 N–H and O–H groups in total. The van der Waals surface area contributed by atoms with Crippen molar-refractivity contribution in [3.63, 3.8) is 0 Å². The number of hydrogen-bond acceptors (Lipinski definition) is 4. The number of amides is 1.